The molecule has 0 fully saturated rings. The molecule has 0 spiro atoms. The molecule has 1 aliphatic heterocycles. The van der Waals surface area contributed by atoms with E-state index in [1.54, 1.807) is 0 Å². The van der Waals surface area contributed by atoms with Gasteiger partial charge < -0.3 is 10.1 Å². The molecular weight excluding hydrogens is 588 g/mol. The summed E-state index contributed by atoms with van der Waals surface area (Å²) in [6.45, 7) is 0.519. The molecule has 2 aliphatic rings. The molecule has 6 rings (SSSR count). The Morgan fingerprint density at radius 2 is 1.73 bits per heavy atom. The highest BCUT2D eigenvalue weighted by Crippen LogP contribution is 2.49. The monoisotopic (exact) mass is 612 g/mol. The minimum Gasteiger partial charge on any atom is -0.488 e. The fraction of sp³-hybridized carbons (Fsp3) is 0.156. The van der Waals surface area contributed by atoms with Crippen LogP contribution < -0.4 is 10.1 Å². The molecule has 0 bridgehead atoms. The maximum atomic E-state index is 5.99. The molecule has 0 amide bonds. The molecule has 5 heteroatoms. The summed E-state index contributed by atoms with van der Waals surface area (Å²) in [6.07, 6.45) is 7.71. The maximum Gasteiger partial charge on any atom is 0.134 e. The number of anilines is 1. The fourth-order valence-electron chi connectivity index (χ4n) is 5.25. The SMILES string of the molecule is Brc1ccc(COc2ccc(C=Nc3ccc([C@@H]4Nc5ccccc5[C@@H]5C=CC[C@@H]54)cc3)cc2Br)cc1. The van der Waals surface area contributed by atoms with Gasteiger partial charge in [0.25, 0.3) is 0 Å². The van der Waals surface area contributed by atoms with Crippen LogP contribution in [0.3, 0.4) is 0 Å². The molecule has 0 unspecified atom stereocenters. The van der Waals surface area contributed by atoms with Crippen molar-refractivity contribution in [2.75, 3.05) is 5.32 Å². The lowest BCUT2D eigenvalue weighted by molar-refractivity contribution is 0.304. The number of fused-ring (bicyclic) bond motifs is 3. The van der Waals surface area contributed by atoms with Gasteiger partial charge in [0.2, 0.25) is 0 Å². The second kappa shape index (κ2) is 10.7. The third-order valence-electron chi connectivity index (χ3n) is 7.15. The van der Waals surface area contributed by atoms with Gasteiger partial charge in [0, 0.05) is 22.3 Å². The van der Waals surface area contributed by atoms with Gasteiger partial charge >= 0.3 is 0 Å². The van der Waals surface area contributed by atoms with Crippen molar-refractivity contribution in [2.24, 2.45) is 10.9 Å². The summed E-state index contributed by atoms with van der Waals surface area (Å²) in [4.78, 5) is 4.71. The van der Waals surface area contributed by atoms with Crippen LogP contribution in [-0.2, 0) is 6.61 Å². The van der Waals surface area contributed by atoms with E-state index in [1.807, 2.05) is 36.5 Å². The molecule has 37 heavy (non-hydrogen) atoms. The minimum atomic E-state index is 0.300. The van der Waals surface area contributed by atoms with E-state index >= 15 is 0 Å². The van der Waals surface area contributed by atoms with Crippen LogP contribution >= 0.6 is 31.9 Å². The molecule has 1 aliphatic carbocycles. The normalized spacial score (nSPS) is 19.9. The highest BCUT2D eigenvalue weighted by Gasteiger charge is 2.37. The third kappa shape index (κ3) is 5.29. The predicted octanol–water partition coefficient (Wildman–Crippen LogP) is 9.37. The van der Waals surface area contributed by atoms with E-state index in [4.69, 9.17) is 9.73 Å². The lowest BCUT2D eigenvalue weighted by atomic mass is 9.77. The Kier molecular flexibility index (Phi) is 6.99. The molecule has 3 nitrogen and oxygen atoms in total. The molecule has 184 valence electrons. The Morgan fingerprint density at radius 3 is 2.54 bits per heavy atom. The lowest BCUT2D eigenvalue weighted by Crippen LogP contribution is -2.28. The van der Waals surface area contributed by atoms with Gasteiger partial charge in [0.1, 0.15) is 12.4 Å². The van der Waals surface area contributed by atoms with Gasteiger partial charge in [-0.3, -0.25) is 4.99 Å². The van der Waals surface area contributed by atoms with Gasteiger partial charge in [0.15, 0.2) is 0 Å². The molecule has 1 heterocycles. The topological polar surface area (TPSA) is 33.6 Å². The van der Waals surface area contributed by atoms with E-state index in [9.17, 15) is 0 Å². The summed E-state index contributed by atoms with van der Waals surface area (Å²) in [6, 6.07) is 31.8. The maximum absolute atomic E-state index is 5.99. The average molecular weight is 614 g/mol. The summed E-state index contributed by atoms with van der Waals surface area (Å²) >= 11 is 7.10. The Bertz CT molecular complexity index is 1460. The molecule has 0 saturated carbocycles. The van der Waals surface area contributed by atoms with Gasteiger partial charge in [-0.2, -0.15) is 0 Å². The predicted molar refractivity (Wildman–Crippen MR) is 159 cm³/mol. The number of halogens is 2. The van der Waals surface area contributed by atoms with E-state index in [0.717, 1.165) is 37.9 Å². The van der Waals surface area contributed by atoms with Crippen molar-refractivity contribution < 1.29 is 4.74 Å². The first-order chi connectivity index (χ1) is 18.1. The number of hydrogen-bond acceptors (Lipinski definition) is 3. The summed E-state index contributed by atoms with van der Waals surface area (Å²) in [5.74, 6) is 1.84. The molecule has 4 aromatic carbocycles. The van der Waals surface area contributed by atoms with Crippen LogP contribution in [-0.4, -0.2) is 6.21 Å². The lowest BCUT2D eigenvalue weighted by Gasteiger charge is -2.37. The summed E-state index contributed by atoms with van der Waals surface area (Å²) in [7, 11) is 0. The van der Waals surface area contributed by atoms with Gasteiger partial charge in [-0.05, 0) is 99.1 Å². The molecular formula is C32H26Br2N2O. The van der Waals surface area contributed by atoms with Crippen LogP contribution in [0.25, 0.3) is 0 Å². The summed E-state index contributed by atoms with van der Waals surface area (Å²) in [5, 5.41) is 3.80. The van der Waals surface area contributed by atoms with E-state index in [-0.39, 0.29) is 0 Å². The molecule has 0 radical (unpaired) electrons. The number of hydrogen-bond donors (Lipinski definition) is 1. The number of benzene rings is 4. The smallest absolute Gasteiger partial charge is 0.134 e. The Morgan fingerprint density at radius 1 is 0.919 bits per heavy atom. The van der Waals surface area contributed by atoms with Gasteiger partial charge in [-0.15, -0.1) is 0 Å². The Hall–Kier alpha value is -3.15. The zero-order valence-electron chi connectivity index (χ0n) is 20.1. The standard InChI is InChI=1S/C32H26Br2N2O/c33-24-13-8-21(9-14-24)20-37-31-17-10-22(18-29(31)34)19-35-25-15-11-23(12-16-25)32-28-6-3-5-26(28)27-4-1-2-7-30(27)36-32/h1-5,7-19,26,28,32,36H,6,20H2/t26-,28-,32-/m0/s1. The van der Waals surface area contributed by atoms with Crippen molar-refractivity contribution in [3.8, 4) is 5.75 Å². The number of nitrogens with zero attached hydrogens (tertiary/aromatic N) is 1. The van der Waals surface area contributed by atoms with E-state index in [1.165, 1.54) is 16.8 Å². The minimum absolute atomic E-state index is 0.300. The van der Waals surface area contributed by atoms with Gasteiger partial charge in [-0.25, -0.2) is 0 Å². The van der Waals surface area contributed by atoms with Crippen molar-refractivity contribution in [3.05, 3.63) is 134 Å². The summed E-state index contributed by atoms with van der Waals surface area (Å²) in [5.41, 5.74) is 7.04. The Balaban J connectivity index is 1.12. The highest BCUT2D eigenvalue weighted by atomic mass is 79.9. The average Bonchev–Trinajstić information content (AvgIpc) is 3.43. The zero-order chi connectivity index (χ0) is 25.2. The zero-order valence-corrected chi connectivity index (χ0v) is 23.3. The van der Waals surface area contributed by atoms with Crippen molar-refractivity contribution in [1.82, 2.24) is 0 Å². The number of ether oxygens (including phenoxy) is 1. The number of allylic oxidation sites excluding steroid dienone is 2. The molecule has 1 N–H and O–H groups in total. The summed E-state index contributed by atoms with van der Waals surface area (Å²) < 4.78 is 7.96. The first-order valence-electron chi connectivity index (χ1n) is 12.5. The Labute approximate surface area is 234 Å². The van der Waals surface area contributed by atoms with E-state index < -0.39 is 0 Å². The number of nitrogens with one attached hydrogen (secondary N) is 1. The largest absolute Gasteiger partial charge is 0.488 e. The number of aliphatic imine (C=N–C) groups is 1. The van der Waals surface area contributed by atoms with E-state index in [0.29, 0.717) is 24.5 Å². The van der Waals surface area contributed by atoms with Crippen molar-refractivity contribution >= 4 is 49.4 Å². The molecule has 4 aromatic rings. The quantitative estimate of drug-likeness (QED) is 0.174. The fourth-order valence-corrected chi connectivity index (χ4v) is 6.02. The van der Waals surface area contributed by atoms with Crippen LogP contribution in [0.15, 0.2) is 117 Å². The van der Waals surface area contributed by atoms with Crippen LogP contribution in [0.1, 0.15) is 40.6 Å². The van der Waals surface area contributed by atoms with Crippen LogP contribution in [0, 0.1) is 5.92 Å². The number of para-hydroxylation sites is 1. The van der Waals surface area contributed by atoms with Gasteiger partial charge in [0.05, 0.1) is 16.2 Å². The van der Waals surface area contributed by atoms with Crippen molar-refractivity contribution in [3.63, 3.8) is 0 Å². The second-order valence-corrected chi connectivity index (χ2v) is 11.3. The van der Waals surface area contributed by atoms with Crippen molar-refractivity contribution in [2.45, 2.75) is 25.0 Å². The van der Waals surface area contributed by atoms with E-state index in [2.05, 4.69) is 110 Å². The first-order valence-corrected chi connectivity index (χ1v) is 14.1. The first kappa shape index (κ1) is 24.2. The van der Waals surface area contributed by atoms with Gasteiger partial charge in [-0.1, -0.05) is 70.5 Å². The third-order valence-corrected chi connectivity index (χ3v) is 8.30. The highest BCUT2D eigenvalue weighted by molar-refractivity contribution is 9.10. The number of rotatable bonds is 6. The van der Waals surface area contributed by atoms with Crippen molar-refractivity contribution in [1.29, 1.82) is 0 Å². The second-order valence-electron chi connectivity index (χ2n) is 9.52. The molecule has 0 aromatic heterocycles. The van der Waals surface area contributed by atoms with Crippen LogP contribution in [0.2, 0.25) is 0 Å². The molecule has 3 atom stereocenters. The van der Waals surface area contributed by atoms with Crippen LogP contribution in [0.4, 0.5) is 11.4 Å². The molecule has 0 saturated heterocycles. The van der Waals surface area contributed by atoms with Crippen LogP contribution in [0.5, 0.6) is 5.75 Å².